The molecule has 1 aliphatic carbocycles. The second kappa shape index (κ2) is 3.61. The maximum atomic E-state index is 11.3. The van der Waals surface area contributed by atoms with Crippen LogP contribution in [0.4, 0.5) is 0 Å². The minimum absolute atomic E-state index is 0.0256. The molecule has 1 heterocycles. The number of carbonyl (C=O) groups excluding carboxylic acids is 2. The Bertz CT molecular complexity index is 355. The van der Waals surface area contributed by atoms with Crippen LogP contribution in [0.1, 0.15) is 23.3 Å². The van der Waals surface area contributed by atoms with Crippen molar-refractivity contribution in [1.82, 2.24) is 14.9 Å². The van der Waals surface area contributed by atoms with Crippen LogP contribution in [-0.2, 0) is 11.3 Å². The zero-order chi connectivity index (χ0) is 9.97. The lowest BCUT2D eigenvalue weighted by atomic mass is 10.5. The molecule has 1 amide bonds. The summed E-state index contributed by atoms with van der Waals surface area (Å²) in [5.74, 6) is -0.0256. The molecule has 0 spiro atoms. The fourth-order valence-corrected chi connectivity index (χ4v) is 1.19. The second-order valence-electron chi connectivity index (χ2n) is 3.43. The number of rotatable bonds is 4. The van der Waals surface area contributed by atoms with Gasteiger partial charge in [-0.05, 0) is 12.8 Å². The number of aromatic nitrogens is 2. The zero-order valence-corrected chi connectivity index (χ0v) is 7.64. The Balaban J connectivity index is 1.88. The van der Waals surface area contributed by atoms with Crippen molar-refractivity contribution in [2.75, 3.05) is 0 Å². The van der Waals surface area contributed by atoms with Gasteiger partial charge in [-0.15, -0.1) is 0 Å². The van der Waals surface area contributed by atoms with Gasteiger partial charge < -0.3 is 9.88 Å². The van der Waals surface area contributed by atoms with Gasteiger partial charge in [0.1, 0.15) is 12.2 Å². The number of nitrogens with zero attached hydrogens (tertiary/aromatic N) is 2. The summed E-state index contributed by atoms with van der Waals surface area (Å²) in [7, 11) is 0. The molecule has 5 heteroatoms. The lowest BCUT2D eigenvalue weighted by molar-refractivity contribution is -0.121. The number of nitrogens with one attached hydrogen (secondary N) is 1. The molecule has 5 nitrogen and oxygen atoms in total. The van der Waals surface area contributed by atoms with Gasteiger partial charge in [0, 0.05) is 12.2 Å². The molecule has 0 bridgehead atoms. The normalized spacial score (nSPS) is 15.1. The first-order valence-electron chi connectivity index (χ1n) is 4.54. The van der Waals surface area contributed by atoms with Gasteiger partial charge in [0.15, 0.2) is 6.29 Å². The number of carbonyl (C=O) groups is 2. The second-order valence-corrected chi connectivity index (χ2v) is 3.43. The van der Waals surface area contributed by atoms with E-state index in [1.54, 1.807) is 10.8 Å². The fraction of sp³-hybridized carbons (Fsp3) is 0.444. The van der Waals surface area contributed by atoms with Crippen molar-refractivity contribution >= 4 is 12.2 Å². The van der Waals surface area contributed by atoms with E-state index in [0.29, 0.717) is 18.0 Å². The highest BCUT2D eigenvalue weighted by Gasteiger charge is 2.23. The average Bonchev–Trinajstić information content (AvgIpc) is 2.83. The van der Waals surface area contributed by atoms with Gasteiger partial charge >= 0.3 is 0 Å². The molecular formula is C9H11N3O2. The van der Waals surface area contributed by atoms with Crippen LogP contribution in [-0.4, -0.2) is 27.8 Å². The average molecular weight is 193 g/mol. The molecule has 1 aromatic rings. The topological polar surface area (TPSA) is 64.0 Å². The van der Waals surface area contributed by atoms with Crippen LogP contribution in [0.15, 0.2) is 12.5 Å². The van der Waals surface area contributed by atoms with E-state index in [9.17, 15) is 9.59 Å². The molecule has 0 unspecified atom stereocenters. The smallest absolute Gasteiger partial charge is 0.240 e. The molecule has 14 heavy (non-hydrogen) atoms. The number of hydrogen-bond acceptors (Lipinski definition) is 3. The van der Waals surface area contributed by atoms with E-state index < -0.39 is 0 Å². The summed E-state index contributed by atoms with van der Waals surface area (Å²) < 4.78 is 1.60. The van der Waals surface area contributed by atoms with Crippen LogP contribution in [0.25, 0.3) is 0 Å². The summed E-state index contributed by atoms with van der Waals surface area (Å²) in [5.41, 5.74) is 0.351. The van der Waals surface area contributed by atoms with Crippen molar-refractivity contribution in [3.8, 4) is 0 Å². The van der Waals surface area contributed by atoms with Crippen LogP contribution in [0.5, 0.6) is 0 Å². The molecule has 74 valence electrons. The first kappa shape index (κ1) is 8.93. The van der Waals surface area contributed by atoms with E-state index in [2.05, 4.69) is 10.3 Å². The van der Waals surface area contributed by atoms with Crippen LogP contribution >= 0.6 is 0 Å². The summed E-state index contributed by atoms with van der Waals surface area (Å²) >= 11 is 0. The minimum atomic E-state index is -0.0256. The predicted octanol–water partition coefficient (Wildman–Crippen LogP) is -0.0258. The van der Waals surface area contributed by atoms with E-state index in [1.165, 1.54) is 6.33 Å². The van der Waals surface area contributed by atoms with Crippen LogP contribution in [0, 0.1) is 0 Å². The Hall–Kier alpha value is -1.65. The van der Waals surface area contributed by atoms with Crippen molar-refractivity contribution in [2.24, 2.45) is 0 Å². The predicted molar refractivity (Wildman–Crippen MR) is 48.8 cm³/mol. The largest absolute Gasteiger partial charge is 0.352 e. The Kier molecular flexibility index (Phi) is 2.30. The molecule has 1 fully saturated rings. The Labute approximate surface area is 81.1 Å². The van der Waals surface area contributed by atoms with Crippen molar-refractivity contribution in [3.05, 3.63) is 18.2 Å². The monoisotopic (exact) mass is 193 g/mol. The molecular weight excluding hydrogens is 182 g/mol. The molecule has 1 aromatic heterocycles. The number of amides is 1. The molecule has 0 radical (unpaired) electrons. The van der Waals surface area contributed by atoms with Crippen molar-refractivity contribution in [3.63, 3.8) is 0 Å². The van der Waals surface area contributed by atoms with Crippen molar-refractivity contribution in [2.45, 2.75) is 25.4 Å². The maximum Gasteiger partial charge on any atom is 0.240 e. The molecule has 0 aromatic carbocycles. The van der Waals surface area contributed by atoms with Gasteiger partial charge in [-0.1, -0.05) is 0 Å². The summed E-state index contributed by atoms with van der Waals surface area (Å²) in [4.78, 5) is 25.4. The van der Waals surface area contributed by atoms with Crippen LogP contribution in [0.2, 0.25) is 0 Å². The lowest BCUT2D eigenvalue weighted by Gasteiger charge is -2.02. The molecule has 0 saturated heterocycles. The SMILES string of the molecule is O=Cc1cn(CC(=O)NC2CC2)cn1. The van der Waals surface area contributed by atoms with Crippen molar-refractivity contribution < 1.29 is 9.59 Å². The minimum Gasteiger partial charge on any atom is -0.352 e. The van der Waals surface area contributed by atoms with Gasteiger partial charge in [0.25, 0.3) is 0 Å². The van der Waals surface area contributed by atoms with Gasteiger partial charge in [0.05, 0.1) is 6.33 Å². The number of hydrogen-bond donors (Lipinski definition) is 1. The van der Waals surface area contributed by atoms with E-state index in [4.69, 9.17) is 0 Å². The quantitative estimate of drug-likeness (QED) is 0.683. The highest BCUT2D eigenvalue weighted by atomic mass is 16.2. The van der Waals surface area contributed by atoms with Gasteiger partial charge in [0.2, 0.25) is 5.91 Å². The number of imidazole rings is 1. The third-order valence-corrected chi connectivity index (χ3v) is 2.04. The van der Waals surface area contributed by atoms with E-state index in [1.807, 2.05) is 0 Å². The molecule has 1 N–H and O–H groups in total. The summed E-state index contributed by atoms with van der Waals surface area (Å²) in [6.07, 6.45) is 5.86. The lowest BCUT2D eigenvalue weighted by Crippen LogP contribution is -2.28. The zero-order valence-electron chi connectivity index (χ0n) is 7.64. The van der Waals surface area contributed by atoms with Crippen molar-refractivity contribution in [1.29, 1.82) is 0 Å². The van der Waals surface area contributed by atoms with Crippen LogP contribution in [0.3, 0.4) is 0 Å². The van der Waals surface area contributed by atoms with E-state index >= 15 is 0 Å². The highest BCUT2D eigenvalue weighted by Crippen LogP contribution is 2.18. The standard InChI is InChI=1S/C9H11N3O2/c13-5-8-3-12(6-10-8)4-9(14)11-7-1-2-7/h3,5-7H,1-2,4H2,(H,11,14). The van der Waals surface area contributed by atoms with E-state index in [-0.39, 0.29) is 12.5 Å². The molecule has 0 atom stereocenters. The maximum absolute atomic E-state index is 11.3. The molecule has 1 aliphatic rings. The first-order chi connectivity index (χ1) is 6.78. The van der Waals surface area contributed by atoms with Crippen LogP contribution < -0.4 is 5.32 Å². The third kappa shape index (κ3) is 2.18. The molecule has 0 aliphatic heterocycles. The van der Waals surface area contributed by atoms with Gasteiger partial charge in [-0.3, -0.25) is 9.59 Å². The molecule has 1 saturated carbocycles. The highest BCUT2D eigenvalue weighted by molar-refractivity contribution is 5.77. The summed E-state index contributed by atoms with van der Waals surface area (Å²) in [6.45, 7) is 0.233. The molecule has 2 rings (SSSR count). The summed E-state index contributed by atoms with van der Waals surface area (Å²) in [5, 5.41) is 2.85. The van der Waals surface area contributed by atoms with E-state index in [0.717, 1.165) is 12.8 Å². The first-order valence-corrected chi connectivity index (χ1v) is 4.54. The number of aldehydes is 1. The Morgan fingerprint density at radius 3 is 3.07 bits per heavy atom. The third-order valence-electron chi connectivity index (χ3n) is 2.04. The summed E-state index contributed by atoms with van der Waals surface area (Å²) in [6, 6.07) is 0.372. The fourth-order valence-electron chi connectivity index (χ4n) is 1.19. The Morgan fingerprint density at radius 1 is 1.71 bits per heavy atom. The Morgan fingerprint density at radius 2 is 2.50 bits per heavy atom. The van der Waals surface area contributed by atoms with Gasteiger partial charge in [-0.25, -0.2) is 4.98 Å². The van der Waals surface area contributed by atoms with Gasteiger partial charge in [-0.2, -0.15) is 0 Å².